The van der Waals surface area contributed by atoms with E-state index >= 15 is 0 Å². The number of hydrogen-bond donors (Lipinski definition) is 0. The Morgan fingerprint density at radius 2 is 0.848 bits per heavy atom. The first-order valence-corrected chi connectivity index (χ1v) is 15.7. The first-order valence-electron chi connectivity index (χ1n) is 15.7. The second-order valence-corrected chi connectivity index (χ2v) is 11.8. The smallest absolute Gasteiger partial charge is 0.0794 e. The molecule has 0 saturated heterocycles. The number of pyridine rings is 2. The fourth-order valence-electron chi connectivity index (χ4n) is 6.74. The molecule has 9 rings (SSSR count). The average molecular weight is 585 g/mol. The maximum atomic E-state index is 5.39. The molecule has 2 heterocycles. The summed E-state index contributed by atoms with van der Waals surface area (Å²) in [6, 6.07) is 58.6. The predicted molar refractivity (Wildman–Crippen MR) is 194 cm³/mol. The van der Waals surface area contributed by atoms with E-state index in [1.54, 1.807) is 0 Å². The Balaban J connectivity index is 1.32. The first-order chi connectivity index (χ1) is 22.8. The Hall–Kier alpha value is -6.12. The zero-order chi connectivity index (χ0) is 30.5. The van der Waals surface area contributed by atoms with E-state index < -0.39 is 0 Å². The van der Waals surface area contributed by atoms with Gasteiger partial charge in [-0.3, -0.25) is 4.98 Å². The Labute approximate surface area is 267 Å². The van der Waals surface area contributed by atoms with Gasteiger partial charge in [0.1, 0.15) is 0 Å². The van der Waals surface area contributed by atoms with E-state index in [1.165, 1.54) is 49.2 Å². The van der Waals surface area contributed by atoms with Gasteiger partial charge in [0.2, 0.25) is 0 Å². The monoisotopic (exact) mass is 584 g/mol. The Bertz CT molecular complexity index is 2570. The zero-order valence-corrected chi connectivity index (χ0v) is 25.1. The Morgan fingerprint density at radius 3 is 1.48 bits per heavy atom. The number of nitrogens with zero attached hydrogens (tertiary/aromatic N) is 2. The lowest BCUT2D eigenvalue weighted by Crippen LogP contribution is -1.94. The average Bonchev–Trinajstić information content (AvgIpc) is 3.14. The van der Waals surface area contributed by atoms with Gasteiger partial charge in [0.05, 0.1) is 16.9 Å². The number of rotatable bonds is 4. The molecule has 0 amide bonds. The highest BCUT2D eigenvalue weighted by atomic mass is 14.7. The third kappa shape index (κ3) is 4.51. The zero-order valence-electron chi connectivity index (χ0n) is 25.1. The summed E-state index contributed by atoms with van der Waals surface area (Å²) in [5.74, 6) is 0. The van der Waals surface area contributed by atoms with Crippen LogP contribution in [-0.2, 0) is 0 Å². The van der Waals surface area contributed by atoms with Gasteiger partial charge in [0, 0.05) is 28.1 Å². The van der Waals surface area contributed by atoms with Gasteiger partial charge in [-0.2, -0.15) is 0 Å². The number of aromatic nitrogens is 2. The van der Waals surface area contributed by atoms with Crippen LogP contribution in [0, 0.1) is 0 Å². The lowest BCUT2D eigenvalue weighted by atomic mass is 9.90. The van der Waals surface area contributed by atoms with Crippen LogP contribution in [-0.4, -0.2) is 9.97 Å². The van der Waals surface area contributed by atoms with Crippen molar-refractivity contribution in [3.63, 3.8) is 0 Å². The van der Waals surface area contributed by atoms with Gasteiger partial charge >= 0.3 is 0 Å². The highest BCUT2D eigenvalue weighted by Gasteiger charge is 2.16. The normalized spacial score (nSPS) is 11.5. The predicted octanol–water partition coefficient (Wildman–Crippen LogP) is 11.8. The summed E-state index contributed by atoms with van der Waals surface area (Å²) in [4.78, 5) is 9.93. The third-order valence-corrected chi connectivity index (χ3v) is 9.08. The molecule has 0 radical (unpaired) electrons. The maximum absolute atomic E-state index is 5.39. The SMILES string of the molecule is c1ccc(-c2ccc(-c3cc(-c4ccc5ccccc5c4)c4cc(-c5ccc6ccccc6c5)c5ccccc5c4n3)cc2)nc1. The molecular formula is C44H28N2. The van der Waals surface area contributed by atoms with Crippen molar-refractivity contribution < 1.29 is 0 Å². The fourth-order valence-corrected chi connectivity index (χ4v) is 6.74. The van der Waals surface area contributed by atoms with Crippen molar-refractivity contribution >= 4 is 43.2 Å². The molecule has 0 fully saturated rings. The second kappa shape index (κ2) is 10.8. The van der Waals surface area contributed by atoms with Crippen molar-refractivity contribution in [1.29, 1.82) is 0 Å². The van der Waals surface area contributed by atoms with Gasteiger partial charge in [0.15, 0.2) is 0 Å². The third-order valence-electron chi connectivity index (χ3n) is 9.08. The molecule has 2 aromatic heterocycles. The van der Waals surface area contributed by atoms with E-state index in [4.69, 9.17) is 4.98 Å². The minimum absolute atomic E-state index is 0.951. The van der Waals surface area contributed by atoms with Gasteiger partial charge in [0.25, 0.3) is 0 Å². The summed E-state index contributed by atoms with van der Waals surface area (Å²) >= 11 is 0. The molecular weight excluding hydrogens is 556 g/mol. The van der Waals surface area contributed by atoms with E-state index in [2.05, 4.69) is 151 Å². The van der Waals surface area contributed by atoms with Crippen LogP contribution in [0.5, 0.6) is 0 Å². The molecule has 214 valence electrons. The quantitative estimate of drug-likeness (QED) is 0.192. The van der Waals surface area contributed by atoms with E-state index in [0.29, 0.717) is 0 Å². The standard InChI is InChI=1S/C44H28N2/c1-3-11-33-25-35(22-16-29(33)9-1)39-27-41-40(36-23-17-30-10-2-4-12-34(30)26-36)28-43(46-44(41)38-14-6-5-13-37(38)39)32-20-18-31(19-21-32)42-15-7-8-24-45-42/h1-28H. The van der Waals surface area contributed by atoms with Crippen LogP contribution < -0.4 is 0 Å². The van der Waals surface area contributed by atoms with Crippen molar-refractivity contribution in [2.75, 3.05) is 0 Å². The van der Waals surface area contributed by atoms with Gasteiger partial charge in [-0.25, -0.2) is 4.98 Å². The van der Waals surface area contributed by atoms with Gasteiger partial charge in [-0.15, -0.1) is 0 Å². The molecule has 0 spiro atoms. The fraction of sp³-hybridized carbons (Fsp3) is 0. The summed E-state index contributed by atoms with van der Waals surface area (Å²) in [5, 5.41) is 8.43. The van der Waals surface area contributed by atoms with E-state index in [-0.39, 0.29) is 0 Å². The van der Waals surface area contributed by atoms with Crippen LogP contribution >= 0.6 is 0 Å². The lowest BCUT2D eigenvalue weighted by molar-refractivity contribution is 1.32. The summed E-state index contributed by atoms with van der Waals surface area (Å²) in [5.41, 5.74) is 9.85. The molecule has 0 bridgehead atoms. The highest BCUT2D eigenvalue weighted by Crippen LogP contribution is 2.41. The molecule has 9 aromatic rings. The highest BCUT2D eigenvalue weighted by molar-refractivity contribution is 6.16. The van der Waals surface area contributed by atoms with Crippen molar-refractivity contribution in [3.8, 4) is 44.8 Å². The van der Waals surface area contributed by atoms with Crippen LogP contribution in [0.4, 0.5) is 0 Å². The first kappa shape index (κ1) is 26.3. The molecule has 0 saturated carbocycles. The molecule has 0 aliphatic carbocycles. The van der Waals surface area contributed by atoms with Crippen LogP contribution in [0.2, 0.25) is 0 Å². The number of fused-ring (bicyclic) bond motifs is 5. The molecule has 0 atom stereocenters. The molecule has 2 heteroatoms. The van der Waals surface area contributed by atoms with Crippen molar-refractivity contribution in [3.05, 3.63) is 170 Å². The molecule has 0 aliphatic heterocycles. The van der Waals surface area contributed by atoms with Crippen molar-refractivity contribution in [1.82, 2.24) is 9.97 Å². The molecule has 46 heavy (non-hydrogen) atoms. The molecule has 2 nitrogen and oxygen atoms in total. The summed E-state index contributed by atoms with van der Waals surface area (Å²) in [6.07, 6.45) is 1.83. The van der Waals surface area contributed by atoms with Crippen molar-refractivity contribution in [2.45, 2.75) is 0 Å². The van der Waals surface area contributed by atoms with Gasteiger partial charge in [-0.05, 0) is 85.6 Å². The summed E-state index contributed by atoms with van der Waals surface area (Å²) < 4.78 is 0. The topological polar surface area (TPSA) is 25.8 Å². The van der Waals surface area contributed by atoms with Crippen LogP contribution in [0.15, 0.2) is 170 Å². The van der Waals surface area contributed by atoms with Crippen LogP contribution in [0.25, 0.3) is 88.0 Å². The molecule has 0 N–H and O–H groups in total. The minimum atomic E-state index is 0.951. The summed E-state index contributed by atoms with van der Waals surface area (Å²) in [7, 11) is 0. The minimum Gasteiger partial charge on any atom is -0.256 e. The molecule has 7 aromatic carbocycles. The van der Waals surface area contributed by atoms with Crippen LogP contribution in [0.1, 0.15) is 0 Å². The number of hydrogen-bond acceptors (Lipinski definition) is 2. The lowest BCUT2D eigenvalue weighted by Gasteiger charge is -2.16. The molecule has 0 unspecified atom stereocenters. The van der Waals surface area contributed by atoms with Gasteiger partial charge < -0.3 is 0 Å². The van der Waals surface area contributed by atoms with Crippen LogP contribution in [0.3, 0.4) is 0 Å². The largest absolute Gasteiger partial charge is 0.256 e. The van der Waals surface area contributed by atoms with Crippen molar-refractivity contribution in [2.24, 2.45) is 0 Å². The van der Waals surface area contributed by atoms with E-state index in [1.807, 2.05) is 24.4 Å². The maximum Gasteiger partial charge on any atom is 0.0794 e. The van der Waals surface area contributed by atoms with E-state index in [0.717, 1.165) is 38.8 Å². The van der Waals surface area contributed by atoms with E-state index in [9.17, 15) is 0 Å². The summed E-state index contributed by atoms with van der Waals surface area (Å²) in [6.45, 7) is 0. The molecule has 0 aliphatic rings. The Kier molecular flexibility index (Phi) is 6.17. The number of benzene rings is 7. The Morgan fingerprint density at radius 1 is 0.326 bits per heavy atom. The van der Waals surface area contributed by atoms with Gasteiger partial charge in [-0.1, -0.05) is 127 Å². The second-order valence-electron chi connectivity index (χ2n) is 11.8.